The number of carbonyl (C=O) groups excluding carboxylic acids is 2. The fraction of sp³-hybridized carbons (Fsp3) is 0.722. The fourth-order valence-corrected chi connectivity index (χ4v) is 9.35. The number of allylic oxidation sites excluding steroid dienone is 1. The molecular formula is C36H51FO7. The molecule has 8 heteroatoms. The van der Waals surface area contributed by atoms with Gasteiger partial charge in [-0.1, -0.05) is 32.4 Å². The molecule has 44 heavy (non-hydrogen) atoms. The molecule has 0 aromatic heterocycles. The number of ether oxygens (including phenoxy) is 4. The van der Waals surface area contributed by atoms with E-state index < -0.39 is 6.29 Å². The zero-order valence-electron chi connectivity index (χ0n) is 27.0. The van der Waals surface area contributed by atoms with Gasteiger partial charge in [0.15, 0.2) is 5.76 Å². The van der Waals surface area contributed by atoms with E-state index in [0.29, 0.717) is 11.7 Å². The van der Waals surface area contributed by atoms with Gasteiger partial charge in [0.25, 0.3) is 0 Å². The number of rotatable bonds is 7. The summed E-state index contributed by atoms with van der Waals surface area (Å²) in [5.74, 6) is 0.756. The molecule has 0 radical (unpaired) electrons. The molecule has 0 amide bonds. The van der Waals surface area contributed by atoms with E-state index in [4.69, 9.17) is 18.9 Å². The lowest BCUT2D eigenvalue weighted by Gasteiger charge is -2.40. The molecule has 1 aliphatic heterocycles. The second-order valence-corrected chi connectivity index (χ2v) is 13.7. The predicted molar refractivity (Wildman–Crippen MR) is 164 cm³/mol. The molecule has 1 saturated heterocycles. The lowest BCUT2D eigenvalue weighted by Crippen LogP contribution is -2.34. The van der Waals surface area contributed by atoms with Crippen LogP contribution in [0.5, 0.6) is 0 Å². The number of methoxy groups -OCH3 is 2. The van der Waals surface area contributed by atoms with Gasteiger partial charge in [-0.3, -0.25) is 9.59 Å². The Morgan fingerprint density at radius 2 is 1.70 bits per heavy atom. The van der Waals surface area contributed by atoms with E-state index in [0.717, 1.165) is 63.4 Å². The van der Waals surface area contributed by atoms with Crippen LogP contribution < -0.4 is 0 Å². The van der Waals surface area contributed by atoms with Gasteiger partial charge in [-0.25, -0.2) is 4.39 Å². The first-order valence-corrected chi connectivity index (χ1v) is 16.8. The van der Waals surface area contributed by atoms with Crippen molar-refractivity contribution in [2.45, 2.75) is 109 Å². The average Bonchev–Trinajstić information content (AvgIpc) is 3.56. The molecule has 1 heterocycles. The molecule has 4 fully saturated rings. The summed E-state index contributed by atoms with van der Waals surface area (Å²) in [5.41, 5.74) is 0.978. The Hall–Kier alpha value is -2.45. The summed E-state index contributed by atoms with van der Waals surface area (Å²) in [6.07, 6.45) is 6.53. The topological polar surface area (TPSA) is 91.3 Å². The summed E-state index contributed by atoms with van der Waals surface area (Å²) in [4.78, 5) is 27.9. The highest BCUT2D eigenvalue weighted by Gasteiger charge is 2.60. The van der Waals surface area contributed by atoms with Crippen LogP contribution in [0.1, 0.15) is 96.5 Å². The first kappa shape index (κ1) is 32.9. The number of hydrogen-bond donors (Lipinski definition) is 1. The van der Waals surface area contributed by atoms with Crippen molar-refractivity contribution >= 4 is 11.8 Å². The van der Waals surface area contributed by atoms with Gasteiger partial charge in [0.2, 0.25) is 6.29 Å². The van der Waals surface area contributed by atoms with Crippen molar-refractivity contribution in [3.05, 3.63) is 47.2 Å². The minimum Gasteiger partial charge on any atom is -0.498 e. The van der Waals surface area contributed by atoms with Crippen LogP contribution in [0.3, 0.4) is 0 Å². The summed E-state index contributed by atoms with van der Waals surface area (Å²) in [6.45, 7) is 5.84. The van der Waals surface area contributed by atoms with Crippen LogP contribution >= 0.6 is 0 Å². The van der Waals surface area contributed by atoms with Crippen LogP contribution in [0.15, 0.2) is 35.8 Å². The van der Waals surface area contributed by atoms with Gasteiger partial charge < -0.3 is 24.1 Å². The Morgan fingerprint density at radius 1 is 0.977 bits per heavy atom. The number of esters is 1. The van der Waals surface area contributed by atoms with Crippen LogP contribution in [0, 0.1) is 47.2 Å². The SMILES string of the molecule is CC[C@H]1CCCC[C@@H](C)C(=O)C2C(c3ccc(F)cc3)C3C(CCC4C[C@@H](O[C@H](O)/C(OC)=C(/C)OC)C[C@H]43)[C@@H]2CC(=O)O1. The van der Waals surface area contributed by atoms with Crippen molar-refractivity contribution < 1.29 is 38.0 Å². The zero-order chi connectivity index (χ0) is 31.5. The standard InChI is InChI=1S/C36H51FO7/c1-6-25-10-8-7-9-20(2)34(39)33-29(19-30(38)43-25)27-16-13-23-17-26(44-36(40)35(42-5)21(3)41-4)18-28(23)32(27)31(33)22-11-14-24(37)15-12-22/h11-12,14-15,20,23,25-29,31-33,36,40H,6-10,13,16-19H2,1-5H3/b35-21+/t20-,23?,25+,26-,27?,28-,29+,31?,32?,33?,36+/m1/s1. The Balaban J connectivity index is 1.50. The molecule has 0 spiro atoms. The Kier molecular flexibility index (Phi) is 10.7. The number of Topliss-reactive ketones (excluding diaryl/α,β-unsaturated/α-hetero) is 1. The lowest BCUT2D eigenvalue weighted by molar-refractivity contribution is -0.152. The molecule has 5 rings (SSSR count). The quantitative estimate of drug-likeness (QED) is 0.202. The van der Waals surface area contributed by atoms with E-state index in [-0.39, 0.29) is 83.4 Å². The minimum absolute atomic E-state index is 0.0841. The Morgan fingerprint density at radius 3 is 2.39 bits per heavy atom. The number of fused-ring (bicyclic) bond motifs is 5. The van der Waals surface area contributed by atoms with Crippen LogP contribution in [-0.4, -0.2) is 49.6 Å². The number of ketones is 1. The van der Waals surface area contributed by atoms with Crippen LogP contribution in [0.2, 0.25) is 0 Å². The highest BCUT2D eigenvalue weighted by Crippen LogP contribution is 2.64. The molecule has 1 aromatic rings. The third-order valence-corrected chi connectivity index (χ3v) is 11.4. The third kappa shape index (κ3) is 6.72. The van der Waals surface area contributed by atoms with E-state index in [9.17, 15) is 19.1 Å². The molecule has 1 N–H and O–H groups in total. The van der Waals surface area contributed by atoms with Crippen molar-refractivity contribution in [3.63, 3.8) is 0 Å². The number of aliphatic hydroxyl groups is 1. The van der Waals surface area contributed by atoms with E-state index in [1.807, 2.05) is 12.1 Å². The van der Waals surface area contributed by atoms with Crippen molar-refractivity contribution in [2.24, 2.45) is 41.4 Å². The number of hydrogen-bond acceptors (Lipinski definition) is 7. The second kappa shape index (κ2) is 14.3. The third-order valence-electron chi connectivity index (χ3n) is 11.4. The van der Waals surface area contributed by atoms with Crippen molar-refractivity contribution in [1.82, 2.24) is 0 Å². The van der Waals surface area contributed by atoms with E-state index in [1.54, 1.807) is 6.92 Å². The van der Waals surface area contributed by atoms with Gasteiger partial charge in [0, 0.05) is 18.3 Å². The highest BCUT2D eigenvalue weighted by atomic mass is 19.1. The maximum atomic E-state index is 14.5. The highest BCUT2D eigenvalue weighted by molar-refractivity contribution is 5.86. The number of cyclic esters (lactones) is 1. The smallest absolute Gasteiger partial charge is 0.306 e. The number of benzene rings is 1. The van der Waals surface area contributed by atoms with Crippen molar-refractivity contribution in [2.75, 3.05) is 14.2 Å². The predicted octanol–water partition coefficient (Wildman–Crippen LogP) is 6.93. The Bertz CT molecular complexity index is 1180. The molecule has 3 aliphatic carbocycles. The molecule has 11 atom stereocenters. The molecule has 5 unspecified atom stereocenters. The van der Waals surface area contributed by atoms with Crippen LogP contribution in [-0.2, 0) is 28.5 Å². The summed E-state index contributed by atoms with van der Waals surface area (Å²) >= 11 is 0. The van der Waals surface area contributed by atoms with E-state index in [1.165, 1.54) is 26.4 Å². The number of aliphatic hydroxyl groups excluding tert-OH is 1. The van der Waals surface area contributed by atoms with Gasteiger partial charge >= 0.3 is 5.97 Å². The molecule has 244 valence electrons. The summed E-state index contributed by atoms with van der Waals surface area (Å²) in [5, 5.41) is 10.9. The maximum absolute atomic E-state index is 14.5. The monoisotopic (exact) mass is 614 g/mol. The fourth-order valence-electron chi connectivity index (χ4n) is 9.35. The van der Waals surface area contributed by atoms with Gasteiger partial charge in [-0.05, 0) is 111 Å². The largest absolute Gasteiger partial charge is 0.498 e. The summed E-state index contributed by atoms with van der Waals surface area (Å²) in [6, 6.07) is 6.68. The van der Waals surface area contributed by atoms with Crippen LogP contribution in [0.4, 0.5) is 4.39 Å². The van der Waals surface area contributed by atoms with Gasteiger partial charge in [-0.2, -0.15) is 0 Å². The minimum atomic E-state index is -1.24. The normalized spacial score (nSPS) is 37.3. The first-order valence-electron chi connectivity index (χ1n) is 16.8. The summed E-state index contributed by atoms with van der Waals surface area (Å²) < 4.78 is 37.0. The van der Waals surface area contributed by atoms with Crippen molar-refractivity contribution in [1.29, 1.82) is 0 Å². The molecule has 0 bridgehead atoms. The van der Waals surface area contributed by atoms with Crippen molar-refractivity contribution in [3.8, 4) is 0 Å². The molecular weight excluding hydrogens is 563 g/mol. The summed E-state index contributed by atoms with van der Waals surface area (Å²) in [7, 11) is 3.01. The molecule has 1 aromatic carbocycles. The van der Waals surface area contributed by atoms with Gasteiger partial charge in [-0.15, -0.1) is 0 Å². The molecule has 3 saturated carbocycles. The van der Waals surface area contributed by atoms with E-state index >= 15 is 0 Å². The average molecular weight is 615 g/mol. The maximum Gasteiger partial charge on any atom is 0.306 e. The van der Waals surface area contributed by atoms with Crippen LogP contribution in [0.25, 0.3) is 0 Å². The zero-order valence-corrected chi connectivity index (χ0v) is 27.0. The number of carbonyl (C=O) groups is 2. The number of halogens is 1. The second-order valence-electron chi connectivity index (χ2n) is 13.7. The first-order chi connectivity index (χ1) is 21.2. The Labute approximate surface area is 261 Å². The lowest BCUT2D eigenvalue weighted by atomic mass is 9.64. The molecule has 7 nitrogen and oxygen atoms in total. The van der Waals surface area contributed by atoms with E-state index in [2.05, 4.69) is 13.8 Å². The molecule has 4 aliphatic rings. The van der Waals surface area contributed by atoms with Gasteiger partial charge in [0.1, 0.15) is 23.5 Å². The van der Waals surface area contributed by atoms with Gasteiger partial charge in [0.05, 0.1) is 20.3 Å².